The lowest BCUT2D eigenvalue weighted by atomic mass is 10.1. The number of nitrogens with one attached hydrogen (secondary N) is 1. The summed E-state index contributed by atoms with van der Waals surface area (Å²) in [6.07, 6.45) is 3.49. The van der Waals surface area contributed by atoms with Crippen LogP contribution >= 0.6 is 11.6 Å². The Morgan fingerprint density at radius 2 is 1.96 bits per heavy atom. The second-order valence-corrected chi connectivity index (χ2v) is 6.20. The minimum Gasteiger partial charge on any atom is -0.378 e. The first-order chi connectivity index (χ1) is 12.7. The Morgan fingerprint density at radius 3 is 2.77 bits per heavy atom. The highest BCUT2D eigenvalue weighted by Crippen LogP contribution is 2.28. The van der Waals surface area contributed by atoms with Gasteiger partial charge >= 0.3 is 0 Å². The van der Waals surface area contributed by atoms with Crippen LogP contribution in [0.15, 0.2) is 67.0 Å². The molecule has 0 fully saturated rings. The van der Waals surface area contributed by atoms with Gasteiger partial charge in [0.1, 0.15) is 6.07 Å². The summed E-state index contributed by atoms with van der Waals surface area (Å²) in [5.74, 6) is 0. The molecule has 26 heavy (non-hydrogen) atoms. The Bertz CT molecular complexity index is 1110. The van der Waals surface area contributed by atoms with Gasteiger partial charge in [0.2, 0.25) is 0 Å². The number of hydrogen-bond acceptors (Lipinski definition) is 4. The van der Waals surface area contributed by atoms with Crippen LogP contribution in [0.5, 0.6) is 0 Å². The third-order valence-electron chi connectivity index (χ3n) is 4.06. The van der Waals surface area contributed by atoms with E-state index >= 15 is 0 Å². The molecule has 2 aromatic heterocycles. The minimum atomic E-state index is 0.474. The molecule has 2 aromatic carbocycles. The Kier molecular flexibility index (Phi) is 4.26. The molecule has 0 bridgehead atoms. The molecule has 0 unspecified atom stereocenters. The van der Waals surface area contributed by atoms with E-state index in [2.05, 4.69) is 21.5 Å². The third-order valence-corrected chi connectivity index (χ3v) is 4.30. The zero-order valence-corrected chi connectivity index (χ0v) is 14.5. The van der Waals surface area contributed by atoms with Crippen LogP contribution < -0.4 is 5.32 Å². The average Bonchev–Trinajstić information content (AvgIpc) is 3.15. The molecule has 5 nitrogen and oxygen atoms in total. The molecule has 0 spiro atoms. The lowest BCUT2D eigenvalue weighted by molar-refractivity contribution is 0.844. The summed E-state index contributed by atoms with van der Waals surface area (Å²) in [5.41, 5.74) is 3.84. The van der Waals surface area contributed by atoms with E-state index in [1.165, 1.54) is 0 Å². The van der Waals surface area contributed by atoms with Gasteiger partial charge < -0.3 is 5.32 Å². The zero-order chi connectivity index (χ0) is 17.9. The van der Waals surface area contributed by atoms with Crippen molar-refractivity contribution in [2.75, 3.05) is 5.32 Å². The standard InChI is InChI=1S/C20H14ClN5/c21-15-6-7-19-18(10-15)20(14(11-22)12-23-19)24-13-16-8-9-26(25-16)17-4-2-1-3-5-17/h1-10,12H,13H2,(H,23,24). The summed E-state index contributed by atoms with van der Waals surface area (Å²) in [6, 6.07) is 19.5. The van der Waals surface area contributed by atoms with Crippen molar-refractivity contribution in [2.45, 2.75) is 6.54 Å². The molecule has 2 heterocycles. The first-order valence-electron chi connectivity index (χ1n) is 8.07. The largest absolute Gasteiger partial charge is 0.378 e. The number of nitriles is 1. The molecule has 0 amide bonds. The van der Waals surface area contributed by atoms with Gasteiger partial charge in [-0.25, -0.2) is 4.68 Å². The molecule has 1 N–H and O–H groups in total. The van der Waals surface area contributed by atoms with E-state index in [4.69, 9.17) is 11.6 Å². The lowest BCUT2D eigenvalue weighted by Gasteiger charge is -2.10. The smallest absolute Gasteiger partial charge is 0.103 e. The summed E-state index contributed by atoms with van der Waals surface area (Å²) < 4.78 is 1.82. The maximum absolute atomic E-state index is 9.41. The molecule has 0 saturated carbocycles. The van der Waals surface area contributed by atoms with Crippen molar-refractivity contribution in [3.63, 3.8) is 0 Å². The summed E-state index contributed by atoms with van der Waals surface area (Å²) in [7, 11) is 0. The number of para-hydroxylation sites is 1. The van der Waals surface area contributed by atoms with Gasteiger partial charge in [0.15, 0.2) is 0 Å². The van der Waals surface area contributed by atoms with Crippen LogP contribution in [0.1, 0.15) is 11.3 Å². The molecular weight excluding hydrogens is 346 g/mol. The van der Waals surface area contributed by atoms with E-state index in [1.807, 2.05) is 59.4 Å². The Balaban J connectivity index is 1.63. The number of halogens is 1. The molecule has 0 saturated heterocycles. The van der Waals surface area contributed by atoms with Crippen LogP contribution in [0.2, 0.25) is 5.02 Å². The summed E-state index contributed by atoms with van der Waals surface area (Å²) >= 11 is 6.12. The van der Waals surface area contributed by atoms with Crippen LogP contribution in [-0.4, -0.2) is 14.8 Å². The molecule has 0 radical (unpaired) electrons. The molecule has 4 aromatic rings. The van der Waals surface area contributed by atoms with Gasteiger partial charge in [-0.15, -0.1) is 0 Å². The molecule has 0 atom stereocenters. The maximum Gasteiger partial charge on any atom is 0.103 e. The van der Waals surface area contributed by atoms with Crippen molar-refractivity contribution >= 4 is 28.2 Å². The minimum absolute atomic E-state index is 0.474. The van der Waals surface area contributed by atoms with Crippen LogP contribution in [0.4, 0.5) is 5.69 Å². The lowest BCUT2D eigenvalue weighted by Crippen LogP contribution is -2.04. The predicted octanol–water partition coefficient (Wildman–Crippen LogP) is 4.56. The number of rotatable bonds is 4. The number of fused-ring (bicyclic) bond motifs is 1. The fraction of sp³-hybridized carbons (Fsp3) is 0.0500. The zero-order valence-electron chi connectivity index (χ0n) is 13.7. The number of pyridine rings is 1. The molecular formula is C20H14ClN5. The van der Waals surface area contributed by atoms with E-state index in [0.29, 0.717) is 22.8 Å². The quantitative estimate of drug-likeness (QED) is 0.580. The number of hydrogen-bond donors (Lipinski definition) is 1. The van der Waals surface area contributed by atoms with Gasteiger partial charge in [0.25, 0.3) is 0 Å². The summed E-state index contributed by atoms with van der Waals surface area (Å²) in [4.78, 5) is 4.31. The van der Waals surface area contributed by atoms with Crippen molar-refractivity contribution in [2.24, 2.45) is 0 Å². The first kappa shape index (κ1) is 16.1. The highest BCUT2D eigenvalue weighted by molar-refractivity contribution is 6.31. The first-order valence-corrected chi connectivity index (χ1v) is 8.44. The third kappa shape index (κ3) is 3.10. The van der Waals surface area contributed by atoms with Crippen molar-refractivity contribution < 1.29 is 0 Å². The van der Waals surface area contributed by atoms with Crippen molar-refractivity contribution in [3.05, 3.63) is 83.3 Å². The van der Waals surface area contributed by atoms with Gasteiger partial charge in [0.05, 0.1) is 34.7 Å². The van der Waals surface area contributed by atoms with Gasteiger partial charge in [-0.1, -0.05) is 29.8 Å². The second-order valence-electron chi connectivity index (χ2n) is 5.76. The predicted molar refractivity (Wildman–Crippen MR) is 102 cm³/mol. The molecule has 0 aliphatic heterocycles. The van der Waals surface area contributed by atoms with Gasteiger partial charge in [-0.2, -0.15) is 10.4 Å². The molecule has 4 rings (SSSR count). The normalized spacial score (nSPS) is 10.6. The van der Waals surface area contributed by atoms with Crippen LogP contribution in [0.25, 0.3) is 16.6 Å². The summed E-state index contributed by atoms with van der Waals surface area (Å²) in [6.45, 7) is 0.486. The van der Waals surface area contributed by atoms with Crippen molar-refractivity contribution in [1.29, 1.82) is 5.26 Å². The summed E-state index contributed by atoms with van der Waals surface area (Å²) in [5, 5.41) is 18.7. The second kappa shape index (κ2) is 6.87. The average molecular weight is 360 g/mol. The number of anilines is 1. The van der Waals surface area contributed by atoms with Crippen LogP contribution in [0, 0.1) is 11.3 Å². The fourth-order valence-electron chi connectivity index (χ4n) is 2.80. The number of aromatic nitrogens is 3. The van der Waals surface area contributed by atoms with Gasteiger partial charge in [-0.3, -0.25) is 4.98 Å². The molecule has 0 aliphatic carbocycles. The van der Waals surface area contributed by atoms with E-state index in [1.54, 1.807) is 12.3 Å². The maximum atomic E-state index is 9.41. The Hall–Kier alpha value is -3.36. The number of nitrogens with zero attached hydrogens (tertiary/aromatic N) is 4. The van der Waals surface area contributed by atoms with Gasteiger partial charge in [0, 0.05) is 22.8 Å². The fourth-order valence-corrected chi connectivity index (χ4v) is 2.97. The Labute approximate surface area is 155 Å². The van der Waals surface area contributed by atoms with Crippen molar-refractivity contribution in [3.8, 4) is 11.8 Å². The number of benzene rings is 2. The molecule has 6 heteroatoms. The Morgan fingerprint density at radius 1 is 1.12 bits per heavy atom. The van der Waals surface area contributed by atoms with E-state index < -0.39 is 0 Å². The highest BCUT2D eigenvalue weighted by atomic mass is 35.5. The monoisotopic (exact) mass is 359 g/mol. The molecule has 0 aliphatic rings. The highest BCUT2D eigenvalue weighted by Gasteiger charge is 2.10. The SMILES string of the molecule is N#Cc1cnc2ccc(Cl)cc2c1NCc1ccn(-c2ccccc2)n1. The topological polar surface area (TPSA) is 66.5 Å². The van der Waals surface area contributed by atoms with E-state index in [9.17, 15) is 5.26 Å². The van der Waals surface area contributed by atoms with Crippen LogP contribution in [0.3, 0.4) is 0 Å². The van der Waals surface area contributed by atoms with Crippen LogP contribution in [-0.2, 0) is 6.54 Å². The van der Waals surface area contributed by atoms with E-state index in [-0.39, 0.29) is 0 Å². The van der Waals surface area contributed by atoms with Crippen molar-refractivity contribution in [1.82, 2.24) is 14.8 Å². The molecule has 126 valence electrons. The van der Waals surface area contributed by atoms with E-state index in [0.717, 1.165) is 22.3 Å². The van der Waals surface area contributed by atoms with Gasteiger partial charge in [-0.05, 0) is 36.4 Å².